The van der Waals surface area contributed by atoms with Crippen molar-refractivity contribution in [1.29, 1.82) is 0 Å². The molecule has 26 heavy (non-hydrogen) atoms. The normalized spacial score (nSPS) is 11.8. The predicted octanol–water partition coefficient (Wildman–Crippen LogP) is 4.62. The van der Waals surface area contributed by atoms with Crippen molar-refractivity contribution in [3.05, 3.63) is 36.1 Å². The maximum atomic E-state index is 12.5. The number of rotatable bonds is 9. The summed E-state index contributed by atoms with van der Waals surface area (Å²) in [6.45, 7) is 5.79. The molecule has 1 atom stereocenters. The van der Waals surface area contributed by atoms with Gasteiger partial charge in [-0.05, 0) is 38.0 Å². The Morgan fingerprint density at radius 3 is 2.69 bits per heavy atom. The molecule has 6 nitrogen and oxygen atoms in total. The highest BCUT2D eigenvalue weighted by Gasteiger charge is 2.19. The summed E-state index contributed by atoms with van der Waals surface area (Å²) < 4.78 is 4.97. The van der Waals surface area contributed by atoms with Gasteiger partial charge in [0.1, 0.15) is 5.76 Å². The number of hydrogen-bond donors (Lipinski definition) is 2. The second-order valence-electron chi connectivity index (χ2n) is 6.01. The molecule has 1 heterocycles. The summed E-state index contributed by atoms with van der Waals surface area (Å²) in [4.78, 5) is 25.3. The lowest BCUT2D eigenvalue weighted by Crippen LogP contribution is -2.24. The number of amides is 2. The van der Waals surface area contributed by atoms with Gasteiger partial charge in [0.05, 0.1) is 5.25 Å². The quantitative estimate of drug-likeness (QED) is 0.625. The highest BCUT2D eigenvalue weighted by atomic mass is 32.2. The molecule has 0 saturated carbocycles. The van der Waals surface area contributed by atoms with E-state index in [1.54, 1.807) is 13.0 Å². The van der Waals surface area contributed by atoms with Gasteiger partial charge in [0.25, 0.3) is 0 Å². The van der Waals surface area contributed by atoms with Gasteiger partial charge in [0.2, 0.25) is 11.8 Å². The lowest BCUT2D eigenvalue weighted by atomic mass is 10.2. The van der Waals surface area contributed by atoms with Gasteiger partial charge in [-0.2, -0.15) is 0 Å². The molecule has 0 saturated heterocycles. The molecular weight excluding hydrogens is 350 g/mol. The number of aryl methyl sites for hydroxylation is 1. The van der Waals surface area contributed by atoms with Crippen LogP contribution in [0.4, 0.5) is 11.5 Å². The number of thioether (sulfide) groups is 1. The Hall–Kier alpha value is -2.28. The smallest absolute Gasteiger partial charge is 0.239 e. The molecular formula is C19H25N3O3S. The van der Waals surface area contributed by atoms with E-state index in [1.807, 2.05) is 31.2 Å². The molecule has 2 rings (SSSR count). The first-order valence-corrected chi connectivity index (χ1v) is 9.70. The van der Waals surface area contributed by atoms with Gasteiger partial charge in [-0.25, -0.2) is 0 Å². The summed E-state index contributed by atoms with van der Waals surface area (Å²) in [5, 5.41) is 9.20. The third-order valence-corrected chi connectivity index (χ3v) is 5.05. The van der Waals surface area contributed by atoms with E-state index in [9.17, 15) is 9.59 Å². The molecule has 0 spiro atoms. The molecule has 2 N–H and O–H groups in total. The molecule has 0 radical (unpaired) electrons. The van der Waals surface area contributed by atoms with Crippen molar-refractivity contribution >= 4 is 35.1 Å². The first-order chi connectivity index (χ1) is 12.5. The second kappa shape index (κ2) is 10.0. The van der Waals surface area contributed by atoms with E-state index in [4.69, 9.17) is 4.52 Å². The number of benzene rings is 1. The molecule has 0 fully saturated rings. The third-order valence-electron chi connectivity index (χ3n) is 3.70. The van der Waals surface area contributed by atoms with Gasteiger partial charge in [0.15, 0.2) is 5.82 Å². The number of aromatic nitrogens is 1. The Morgan fingerprint density at radius 2 is 2.04 bits per heavy atom. The van der Waals surface area contributed by atoms with Crippen LogP contribution in [0.1, 0.15) is 45.3 Å². The van der Waals surface area contributed by atoms with Crippen molar-refractivity contribution in [1.82, 2.24) is 5.16 Å². The molecule has 7 heteroatoms. The van der Waals surface area contributed by atoms with E-state index in [0.717, 1.165) is 23.4 Å². The van der Waals surface area contributed by atoms with Gasteiger partial charge in [-0.15, -0.1) is 11.8 Å². The molecule has 2 aromatic rings. The molecule has 0 aliphatic heterocycles. The van der Waals surface area contributed by atoms with Crippen molar-refractivity contribution < 1.29 is 14.1 Å². The standard InChI is InChI=1S/C19H25N3O3S/c1-4-6-10-18(23)20-14-8-7-9-15(12-14)26-16(5-2)19(24)21-17-11-13(3)25-22-17/h7-9,11-12,16H,4-6,10H2,1-3H3,(H,20,23)(H,21,22,24). The number of hydrogen-bond acceptors (Lipinski definition) is 5. The number of nitrogens with zero attached hydrogens (tertiary/aromatic N) is 1. The summed E-state index contributed by atoms with van der Waals surface area (Å²) in [5.74, 6) is 0.958. The number of carbonyl (C=O) groups excluding carboxylic acids is 2. The summed E-state index contributed by atoms with van der Waals surface area (Å²) >= 11 is 1.46. The Morgan fingerprint density at radius 1 is 1.23 bits per heavy atom. The van der Waals surface area contributed by atoms with Crippen LogP contribution < -0.4 is 10.6 Å². The molecule has 2 amide bonds. The van der Waals surface area contributed by atoms with Gasteiger partial charge >= 0.3 is 0 Å². The largest absolute Gasteiger partial charge is 0.360 e. The SMILES string of the molecule is CCCCC(=O)Nc1cccc(SC(CC)C(=O)Nc2cc(C)on2)c1. The van der Waals surface area contributed by atoms with E-state index < -0.39 is 0 Å². The van der Waals surface area contributed by atoms with Crippen molar-refractivity contribution in [2.75, 3.05) is 10.6 Å². The summed E-state index contributed by atoms with van der Waals surface area (Å²) in [6.07, 6.45) is 3.05. The minimum atomic E-state index is -0.266. The van der Waals surface area contributed by atoms with Gasteiger partial charge in [0, 0.05) is 23.1 Å². The minimum absolute atomic E-state index is 0.0141. The van der Waals surface area contributed by atoms with E-state index in [1.165, 1.54) is 11.8 Å². The zero-order valence-electron chi connectivity index (χ0n) is 15.4. The monoisotopic (exact) mass is 375 g/mol. The van der Waals surface area contributed by atoms with Crippen molar-refractivity contribution in [3.63, 3.8) is 0 Å². The topological polar surface area (TPSA) is 84.2 Å². The van der Waals surface area contributed by atoms with Crippen molar-refractivity contribution in [2.45, 2.75) is 56.6 Å². The summed E-state index contributed by atoms with van der Waals surface area (Å²) in [5.41, 5.74) is 0.749. The van der Waals surface area contributed by atoms with Crippen LogP contribution in [0.2, 0.25) is 0 Å². The van der Waals surface area contributed by atoms with Crippen LogP contribution in [0.3, 0.4) is 0 Å². The minimum Gasteiger partial charge on any atom is -0.360 e. The van der Waals surface area contributed by atoms with Crippen LogP contribution in [0, 0.1) is 6.92 Å². The Balaban J connectivity index is 1.97. The van der Waals surface area contributed by atoms with E-state index in [0.29, 0.717) is 24.4 Å². The van der Waals surface area contributed by atoms with Crippen LogP contribution in [0.5, 0.6) is 0 Å². The number of anilines is 2. The molecule has 1 aromatic heterocycles. The molecule has 1 aromatic carbocycles. The predicted molar refractivity (Wildman–Crippen MR) is 104 cm³/mol. The maximum absolute atomic E-state index is 12.5. The fraction of sp³-hybridized carbons (Fsp3) is 0.421. The number of carbonyl (C=O) groups is 2. The van der Waals surface area contributed by atoms with E-state index >= 15 is 0 Å². The highest BCUT2D eigenvalue weighted by molar-refractivity contribution is 8.00. The molecule has 0 aliphatic rings. The number of nitrogens with one attached hydrogen (secondary N) is 2. The lowest BCUT2D eigenvalue weighted by molar-refractivity contribution is -0.116. The van der Waals surface area contributed by atoms with Crippen molar-refractivity contribution in [2.24, 2.45) is 0 Å². The Labute approximate surface area is 158 Å². The second-order valence-corrected chi connectivity index (χ2v) is 7.28. The van der Waals surface area contributed by atoms with Crippen molar-refractivity contribution in [3.8, 4) is 0 Å². The number of unbranched alkanes of at least 4 members (excludes halogenated alkanes) is 1. The summed E-state index contributed by atoms with van der Waals surface area (Å²) in [6, 6.07) is 9.24. The van der Waals surface area contributed by atoms with Crippen LogP contribution >= 0.6 is 11.8 Å². The van der Waals surface area contributed by atoms with Gasteiger partial charge in [-0.3, -0.25) is 9.59 Å². The van der Waals surface area contributed by atoms with Crippen LogP contribution in [-0.4, -0.2) is 22.2 Å². The fourth-order valence-electron chi connectivity index (χ4n) is 2.33. The average Bonchev–Trinajstić information content (AvgIpc) is 3.02. The zero-order valence-corrected chi connectivity index (χ0v) is 16.2. The molecule has 0 aliphatic carbocycles. The van der Waals surface area contributed by atoms with Gasteiger partial charge in [-0.1, -0.05) is 31.5 Å². The maximum Gasteiger partial charge on any atom is 0.239 e. The first kappa shape index (κ1) is 20.0. The Bertz CT molecular complexity index is 745. The molecule has 1 unspecified atom stereocenters. The third kappa shape index (κ3) is 6.22. The lowest BCUT2D eigenvalue weighted by Gasteiger charge is -2.14. The van der Waals surface area contributed by atoms with E-state index in [2.05, 4.69) is 22.7 Å². The van der Waals surface area contributed by atoms with Crippen LogP contribution in [0.15, 0.2) is 39.8 Å². The molecule has 140 valence electrons. The van der Waals surface area contributed by atoms with Crippen LogP contribution in [-0.2, 0) is 9.59 Å². The molecule has 0 bridgehead atoms. The average molecular weight is 375 g/mol. The fourth-order valence-corrected chi connectivity index (χ4v) is 3.34. The summed E-state index contributed by atoms with van der Waals surface area (Å²) in [7, 11) is 0. The zero-order chi connectivity index (χ0) is 18.9. The van der Waals surface area contributed by atoms with E-state index in [-0.39, 0.29) is 17.1 Å². The van der Waals surface area contributed by atoms with Crippen LogP contribution in [0.25, 0.3) is 0 Å². The van der Waals surface area contributed by atoms with Gasteiger partial charge < -0.3 is 15.2 Å². The Kier molecular flexibility index (Phi) is 7.72. The first-order valence-electron chi connectivity index (χ1n) is 8.82. The highest BCUT2D eigenvalue weighted by Crippen LogP contribution is 2.28.